The first kappa shape index (κ1) is 17.4. The van der Waals surface area contributed by atoms with Crippen LogP contribution in [0.2, 0.25) is 5.02 Å². The summed E-state index contributed by atoms with van der Waals surface area (Å²) in [6.45, 7) is 3.86. The highest BCUT2D eigenvalue weighted by Gasteiger charge is 2.28. The molecule has 0 saturated carbocycles. The summed E-state index contributed by atoms with van der Waals surface area (Å²) in [5.41, 5.74) is -0.464. The number of benzene rings is 1. The van der Waals surface area contributed by atoms with E-state index in [0.29, 0.717) is 15.9 Å². The molecule has 0 heterocycles. The lowest BCUT2D eigenvalue weighted by Gasteiger charge is -2.28. The summed E-state index contributed by atoms with van der Waals surface area (Å²) in [7, 11) is -3.55. The van der Waals surface area contributed by atoms with E-state index in [2.05, 4.69) is 36.6 Å². The third-order valence-electron chi connectivity index (χ3n) is 3.01. The zero-order valence-electron chi connectivity index (χ0n) is 10.7. The molecular weight excluding hydrogens is 417 g/mol. The lowest BCUT2D eigenvalue weighted by Crippen LogP contribution is -2.45. The summed E-state index contributed by atoms with van der Waals surface area (Å²) < 4.78 is 28.0. The van der Waals surface area contributed by atoms with Gasteiger partial charge in [-0.1, -0.05) is 34.5 Å². The van der Waals surface area contributed by atoms with Crippen molar-refractivity contribution in [3.05, 3.63) is 27.7 Å². The SMILES string of the molecule is CCC(C)(CCBr)NS(=O)(=O)c1ccc(Cl)c(Br)c1. The Kier molecular flexibility index (Phi) is 6.32. The van der Waals surface area contributed by atoms with E-state index in [9.17, 15) is 8.42 Å². The Balaban J connectivity index is 3.07. The number of alkyl halides is 1. The molecule has 1 aromatic rings. The predicted octanol–water partition coefficient (Wildman–Crippen LogP) is 4.33. The van der Waals surface area contributed by atoms with E-state index in [4.69, 9.17) is 11.6 Å². The van der Waals surface area contributed by atoms with E-state index in [0.717, 1.165) is 11.8 Å². The largest absolute Gasteiger partial charge is 0.241 e. The topological polar surface area (TPSA) is 46.2 Å². The van der Waals surface area contributed by atoms with Crippen molar-refractivity contribution in [3.63, 3.8) is 0 Å². The monoisotopic (exact) mass is 431 g/mol. The maximum Gasteiger partial charge on any atom is 0.241 e. The van der Waals surface area contributed by atoms with Gasteiger partial charge in [0.25, 0.3) is 0 Å². The number of hydrogen-bond acceptors (Lipinski definition) is 2. The Hall–Kier alpha value is 0.380. The summed E-state index contributed by atoms with van der Waals surface area (Å²) in [6, 6.07) is 4.57. The third kappa shape index (κ3) is 4.70. The maximum atomic E-state index is 12.4. The number of halogens is 3. The lowest BCUT2D eigenvalue weighted by atomic mass is 9.98. The first-order valence-electron chi connectivity index (χ1n) is 5.79. The van der Waals surface area contributed by atoms with Crippen LogP contribution in [0.4, 0.5) is 0 Å². The molecule has 0 radical (unpaired) electrons. The third-order valence-corrected chi connectivity index (χ3v) is 6.26. The minimum absolute atomic E-state index is 0.207. The highest BCUT2D eigenvalue weighted by molar-refractivity contribution is 9.10. The van der Waals surface area contributed by atoms with Crippen LogP contribution in [0, 0.1) is 0 Å². The van der Waals surface area contributed by atoms with Crippen molar-refractivity contribution < 1.29 is 8.42 Å². The fourth-order valence-corrected chi connectivity index (χ4v) is 4.59. The minimum atomic E-state index is -3.55. The van der Waals surface area contributed by atoms with Crippen LogP contribution < -0.4 is 4.72 Å². The zero-order chi connectivity index (χ0) is 14.7. The first-order valence-corrected chi connectivity index (χ1v) is 9.56. The molecule has 7 heteroatoms. The van der Waals surface area contributed by atoms with Crippen molar-refractivity contribution in [1.29, 1.82) is 0 Å². The molecule has 0 fully saturated rings. The van der Waals surface area contributed by atoms with E-state index >= 15 is 0 Å². The molecule has 19 heavy (non-hydrogen) atoms. The van der Waals surface area contributed by atoms with Crippen molar-refractivity contribution in [3.8, 4) is 0 Å². The van der Waals surface area contributed by atoms with Gasteiger partial charge in [-0.15, -0.1) is 0 Å². The van der Waals surface area contributed by atoms with E-state index in [-0.39, 0.29) is 4.90 Å². The molecule has 1 rings (SSSR count). The van der Waals surface area contributed by atoms with Gasteiger partial charge in [-0.25, -0.2) is 13.1 Å². The van der Waals surface area contributed by atoms with Gasteiger partial charge in [-0.05, 0) is 53.9 Å². The second-order valence-electron chi connectivity index (χ2n) is 4.53. The molecule has 3 nitrogen and oxygen atoms in total. The molecule has 0 aromatic heterocycles. The quantitative estimate of drug-likeness (QED) is 0.679. The zero-order valence-corrected chi connectivity index (χ0v) is 15.5. The highest BCUT2D eigenvalue weighted by Crippen LogP contribution is 2.27. The summed E-state index contributed by atoms with van der Waals surface area (Å²) in [6.07, 6.45) is 1.43. The van der Waals surface area contributed by atoms with Crippen LogP contribution in [0.1, 0.15) is 26.7 Å². The number of nitrogens with one attached hydrogen (secondary N) is 1. The van der Waals surface area contributed by atoms with E-state index in [1.54, 1.807) is 6.07 Å². The molecule has 0 aliphatic rings. The smallest absolute Gasteiger partial charge is 0.207 e. The molecule has 1 N–H and O–H groups in total. The fraction of sp³-hybridized carbons (Fsp3) is 0.500. The normalized spacial score (nSPS) is 15.2. The summed E-state index contributed by atoms with van der Waals surface area (Å²) in [5, 5.41) is 1.22. The molecule has 0 bridgehead atoms. The predicted molar refractivity (Wildman–Crippen MR) is 86.6 cm³/mol. The van der Waals surface area contributed by atoms with E-state index in [1.807, 2.05) is 13.8 Å². The molecule has 0 aliphatic heterocycles. The van der Waals surface area contributed by atoms with Crippen molar-refractivity contribution in [2.75, 3.05) is 5.33 Å². The van der Waals surface area contributed by atoms with Crippen LogP contribution >= 0.6 is 43.5 Å². The van der Waals surface area contributed by atoms with E-state index in [1.165, 1.54) is 12.1 Å². The Bertz CT molecular complexity index is 551. The van der Waals surface area contributed by atoms with Gasteiger partial charge in [0.15, 0.2) is 0 Å². The summed E-state index contributed by atoms with van der Waals surface area (Å²) >= 11 is 12.5. The van der Waals surface area contributed by atoms with Crippen molar-refractivity contribution in [1.82, 2.24) is 4.72 Å². The van der Waals surface area contributed by atoms with Crippen LogP contribution in [0.25, 0.3) is 0 Å². The van der Waals surface area contributed by atoms with Crippen LogP contribution in [0.15, 0.2) is 27.6 Å². The first-order chi connectivity index (χ1) is 8.74. The van der Waals surface area contributed by atoms with Gasteiger partial charge < -0.3 is 0 Å². The Labute approximate surface area is 136 Å². The molecule has 0 saturated heterocycles. The second kappa shape index (κ2) is 6.89. The van der Waals surface area contributed by atoms with Crippen LogP contribution in [-0.4, -0.2) is 19.3 Å². The molecule has 1 unspecified atom stereocenters. The summed E-state index contributed by atoms with van der Waals surface area (Å²) in [5.74, 6) is 0. The average molecular weight is 434 g/mol. The fourth-order valence-electron chi connectivity index (χ4n) is 1.54. The molecule has 108 valence electrons. The Morgan fingerprint density at radius 1 is 1.42 bits per heavy atom. The molecular formula is C12H16Br2ClNO2S. The van der Waals surface area contributed by atoms with Gasteiger partial charge in [0, 0.05) is 15.3 Å². The van der Waals surface area contributed by atoms with E-state index < -0.39 is 15.6 Å². The molecule has 0 aliphatic carbocycles. The van der Waals surface area contributed by atoms with Crippen LogP contribution in [0.3, 0.4) is 0 Å². The van der Waals surface area contributed by atoms with Crippen LogP contribution in [-0.2, 0) is 10.0 Å². The highest BCUT2D eigenvalue weighted by atomic mass is 79.9. The molecule has 1 aromatic carbocycles. The Morgan fingerprint density at radius 3 is 2.53 bits per heavy atom. The molecule has 0 amide bonds. The van der Waals surface area contributed by atoms with Gasteiger partial charge in [-0.3, -0.25) is 0 Å². The average Bonchev–Trinajstić information content (AvgIpc) is 2.32. The number of rotatable bonds is 6. The van der Waals surface area contributed by atoms with Crippen molar-refractivity contribution in [2.45, 2.75) is 37.1 Å². The van der Waals surface area contributed by atoms with Crippen molar-refractivity contribution >= 4 is 53.5 Å². The van der Waals surface area contributed by atoms with Crippen molar-refractivity contribution in [2.24, 2.45) is 0 Å². The second-order valence-corrected chi connectivity index (χ2v) is 8.27. The summed E-state index contributed by atoms with van der Waals surface area (Å²) in [4.78, 5) is 0.207. The van der Waals surface area contributed by atoms with Gasteiger partial charge in [0.2, 0.25) is 10.0 Å². The van der Waals surface area contributed by atoms with Gasteiger partial charge in [0.05, 0.1) is 9.92 Å². The van der Waals surface area contributed by atoms with Gasteiger partial charge in [-0.2, -0.15) is 0 Å². The van der Waals surface area contributed by atoms with Gasteiger partial charge >= 0.3 is 0 Å². The van der Waals surface area contributed by atoms with Crippen LogP contribution in [0.5, 0.6) is 0 Å². The molecule has 0 spiro atoms. The molecule has 1 atom stereocenters. The Morgan fingerprint density at radius 2 is 2.05 bits per heavy atom. The number of sulfonamides is 1. The minimum Gasteiger partial charge on any atom is -0.207 e. The maximum absolute atomic E-state index is 12.4. The number of hydrogen-bond donors (Lipinski definition) is 1. The van der Waals surface area contributed by atoms with Gasteiger partial charge in [0.1, 0.15) is 0 Å². The standard InChI is InChI=1S/C12H16Br2ClNO2S/c1-3-12(2,6-7-13)16-19(17,18)9-4-5-11(15)10(14)8-9/h4-5,8,16H,3,6-7H2,1-2H3. The lowest BCUT2D eigenvalue weighted by molar-refractivity contribution is 0.392.